The number of hydrogen-bond donors (Lipinski definition) is 1. The Bertz CT molecular complexity index is 420. The summed E-state index contributed by atoms with van der Waals surface area (Å²) < 4.78 is 0. The van der Waals surface area contributed by atoms with Crippen molar-refractivity contribution in [1.29, 1.82) is 0 Å². The Morgan fingerprint density at radius 2 is 1.52 bits per heavy atom. The van der Waals surface area contributed by atoms with Crippen LogP contribution in [0.25, 0.3) is 0 Å². The first kappa shape index (κ1) is 19.2. The molecule has 2 saturated carbocycles. The van der Waals surface area contributed by atoms with Crippen molar-refractivity contribution in [3.05, 3.63) is 0 Å². The molecule has 3 heteroatoms. The van der Waals surface area contributed by atoms with E-state index in [9.17, 15) is 4.79 Å². The topological polar surface area (TPSA) is 32.3 Å². The molecule has 1 aliphatic heterocycles. The van der Waals surface area contributed by atoms with E-state index < -0.39 is 0 Å². The Morgan fingerprint density at radius 3 is 2.08 bits per heavy atom. The average molecular weight is 349 g/mol. The van der Waals surface area contributed by atoms with Gasteiger partial charge in [-0.2, -0.15) is 0 Å². The zero-order chi connectivity index (χ0) is 17.9. The Morgan fingerprint density at radius 1 is 0.920 bits per heavy atom. The van der Waals surface area contributed by atoms with Gasteiger partial charge < -0.3 is 10.2 Å². The van der Waals surface area contributed by atoms with Crippen LogP contribution in [0.4, 0.5) is 0 Å². The minimum absolute atomic E-state index is 0.273. The Kier molecular flexibility index (Phi) is 6.46. The second-order valence-corrected chi connectivity index (χ2v) is 10.1. The predicted octanol–water partition coefficient (Wildman–Crippen LogP) is 4.61. The number of likely N-dealkylation sites (tertiary alicyclic amines) is 1. The van der Waals surface area contributed by atoms with E-state index >= 15 is 0 Å². The normalized spacial score (nSPS) is 30.5. The highest BCUT2D eigenvalue weighted by atomic mass is 16.1. The Hall–Kier alpha value is -0.570. The van der Waals surface area contributed by atoms with Gasteiger partial charge in [0.25, 0.3) is 0 Å². The number of rotatable bonds is 4. The van der Waals surface area contributed by atoms with Crippen LogP contribution < -0.4 is 5.32 Å². The maximum atomic E-state index is 12.7. The van der Waals surface area contributed by atoms with Gasteiger partial charge in [0.15, 0.2) is 0 Å². The summed E-state index contributed by atoms with van der Waals surface area (Å²) in [5, 5.41) is 3.39. The van der Waals surface area contributed by atoms with E-state index in [4.69, 9.17) is 0 Å². The van der Waals surface area contributed by atoms with E-state index in [0.717, 1.165) is 37.5 Å². The molecule has 3 nitrogen and oxygen atoms in total. The van der Waals surface area contributed by atoms with Gasteiger partial charge in [-0.15, -0.1) is 0 Å². The highest BCUT2D eigenvalue weighted by molar-refractivity contribution is 5.79. The molecule has 0 atom stereocenters. The lowest BCUT2D eigenvalue weighted by molar-refractivity contribution is -0.127. The number of carbonyl (C=O) groups is 1. The number of amides is 1. The third-order valence-corrected chi connectivity index (χ3v) is 7.25. The van der Waals surface area contributed by atoms with Crippen molar-refractivity contribution in [3.8, 4) is 0 Å². The van der Waals surface area contributed by atoms with Crippen molar-refractivity contribution in [3.63, 3.8) is 0 Å². The largest absolute Gasteiger partial charge is 0.353 e. The van der Waals surface area contributed by atoms with Crippen LogP contribution in [-0.4, -0.2) is 36.5 Å². The second-order valence-electron chi connectivity index (χ2n) is 10.1. The summed E-state index contributed by atoms with van der Waals surface area (Å²) in [5.74, 6) is 2.36. The molecule has 1 heterocycles. The Labute approximate surface area is 155 Å². The fourth-order valence-corrected chi connectivity index (χ4v) is 5.36. The smallest absolute Gasteiger partial charge is 0.223 e. The minimum Gasteiger partial charge on any atom is -0.353 e. The molecular weight excluding hydrogens is 308 g/mol. The van der Waals surface area contributed by atoms with Gasteiger partial charge in [-0.25, -0.2) is 0 Å². The van der Waals surface area contributed by atoms with E-state index in [-0.39, 0.29) is 5.92 Å². The second kappa shape index (κ2) is 8.41. The minimum atomic E-state index is 0.273. The molecule has 0 aromatic heterocycles. The summed E-state index contributed by atoms with van der Waals surface area (Å²) in [4.78, 5) is 15.3. The average Bonchev–Trinajstić information content (AvgIpc) is 3.09. The van der Waals surface area contributed by atoms with Gasteiger partial charge in [0, 0.05) is 31.6 Å². The first-order chi connectivity index (χ1) is 11.9. The van der Waals surface area contributed by atoms with Crippen LogP contribution >= 0.6 is 0 Å². The van der Waals surface area contributed by atoms with Crippen LogP contribution in [0.15, 0.2) is 0 Å². The van der Waals surface area contributed by atoms with Crippen molar-refractivity contribution in [2.75, 3.05) is 19.6 Å². The number of nitrogens with zero attached hydrogens (tertiary/aromatic N) is 1. The van der Waals surface area contributed by atoms with Gasteiger partial charge >= 0.3 is 0 Å². The first-order valence-electron chi connectivity index (χ1n) is 10.9. The molecule has 0 spiro atoms. The maximum Gasteiger partial charge on any atom is 0.223 e. The quantitative estimate of drug-likeness (QED) is 0.804. The van der Waals surface area contributed by atoms with E-state index in [1.807, 2.05) is 0 Å². The van der Waals surface area contributed by atoms with E-state index in [1.54, 1.807) is 0 Å². The number of carbonyl (C=O) groups excluding carboxylic acids is 1. The molecule has 1 saturated heterocycles. The third kappa shape index (κ3) is 5.45. The molecule has 144 valence electrons. The van der Waals surface area contributed by atoms with Gasteiger partial charge in [-0.3, -0.25) is 4.79 Å². The Balaban J connectivity index is 1.35. The monoisotopic (exact) mass is 348 g/mol. The third-order valence-electron chi connectivity index (χ3n) is 7.25. The molecule has 3 rings (SSSR count). The summed E-state index contributed by atoms with van der Waals surface area (Å²) in [7, 11) is 0. The van der Waals surface area contributed by atoms with E-state index in [0.29, 0.717) is 17.4 Å². The summed E-state index contributed by atoms with van der Waals surface area (Å²) >= 11 is 0. The number of piperidine rings is 1. The number of hydrogen-bond acceptors (Lipinski definition) is 2. The van der Waals surface area contributed by atoms with Gasteiger partial charge in [0.05, 0.1) is 0 Å². The molecular formula is C22H40N2O. The van der Waals surface area contributed by atoms with Gasteiger partial charge in [0.1, 0.15) is 0 Å². The standard InChI is InChI=1S/C22H40N2O/c1-22(2,3)19-10-8-18(9-11-19)21(25)23-20-12-14-24(15-13-20)16-17-6-4-5-7-17/h17-20H,4-16H2,1-3H3,(H,23,25). The highest BCUT2D eigenvalue weighted by Gasteiger charge is 2.33. The van der Waals surface area contributed by atoms with Crippen LogP contribution in [0.1, 0.15) is 85.0 Å². The van der Waals surface area contributed by atoms with Crippen molar-refractivity contribution in [1.82, 2.24) is 10.2 Å². The summed E-state index contributed by atoms with van der Waals surface area (Å²) in [6.07, 6.45) is 12.7. The maximum absolute atomic E-state index is 12.7. The molecule has 3 fully saturated rings. The lowest BCUT2D eigenvalue weighted by Gasteiger charge is -2.38. The molecule has 0 radical (unpaired) electrons. The van der Waals surface area contributed by atoms with Gasteiger partial charge in [-0.05, 0) is 68.6 Å². The predicted molar refractivity (Wildman–Crippen MR) is 104 cm³/mol. The molecule has 1 amide bonds. The molecule has 1 N–H and O–H groups in total. The molecule has 2 aliphatic carbocycles. The van der Waals surface area contributed by atoms with Crippen molar-refractivity contribution in [2.45, 2.75) is 91.0 Å². The SMILES string of the molecule is CC(C)(C)C1CCC(C(=O)NC2CCN(CC3CCCC3)CC2)CC1. The lowest BCUT2D eigenvalue weighted by Crippen LogP contribution is -2.47. The first-order valence-corrected chi connectivity index (χ1v) is 10.9. The summed E-state index contributed by atoms with van der Waals surface area (Å²) in [6, 6.07) is 0.424. The van der Waals surface area contributed by atoms with Crippen molar-refractivity contribution in [2.24, 2.45) is 23.2 Å². The molecule has 0 aromatic rings. The van der Waals surface area contributed by atoms with Crippen LogP contribution in [0.3, 0.4) is 0 Å². The fourth-order valence-electron chi connectivity index (χ4n) is 5.36. The van der Waals surface area contributed by atoms with Gasteiger partial charge in [0.2, 0.25) is 5.91 Å². The van der Waals surface area contributed by atoms with Crippen molar-refractivity contribution < 1.29 is 4.79 Å². The zero-order valence-electron chi connectivity index (χ0n) is 16.9. The van der Waals surface area contributed by atoms with Crippen LogP contribution in [-0.2, 0) is 4.79 Å². The summed E-state index contributed by atoms with van der Waals surface area (Å²) in [5.41, 5.74) is 0.396. The van der Waals surface area contributed by atoms with Crippen LogP contribution in [0.2, 0.25) is 0 Å². The zero-order valence-corrected chi connectivity index (χ0v) is 16.9. The van der Waals surface area contributed by atoms with Gasteiger partial charge in [-0.1, -0.05) is 33.6 Å². The number of nitrogens with one attached hydrogen (secondary N) is 1. The van der Waals surface area contributed by atoms with Crippen LogP contribution in [0, 0.1) is 23.2 Å². The van der Waals surface area contributed by atoms with E-state index in [2.05, 4.69) is 31.0 Å². The molecule has 0 unspecified atom stereocenters. The summed E-state index contributed by atoms with van der Waals surface area (Å²) in [6.45, 7) is 10.7. The van der Waals surface area contributed by atoms with Crippen molar-refractivity contribution >= 4 is 5.91 Å². The highest BCUT2D eigenvalue weighted by Crippen LogP contribution is 2.39. The lowest BCUT2D eigenvalue weighted by atomic mass is 9.69. The molecule has 0 bridgehead atoms. The molecule has 3 aliphatic rings. The fraction of sp³-hybridized carbons (Fsp3) is 0.955. The van der Waals surface area contributed by atoms with Crippen LogP contribution in [0.5, 0.6) is 0 Å². The molecule has 25 heavy (non-hydrogen) atoms. The van der Waals surface area contributed by atoms with E-state index in [1.165, 1.54) is 58.2 Å². The molecule has 0 aromatic carbocycles.